The molecule has 1 aromatic carbocycles. The van der Waals surface area contributed by atoms with Crippen molar-refractivity contribution in [1.82, 2.24) is 25.0 Å². The number of nitrogens with zero attached hydrogens (tertiary/aromatic N) is 5. The summed E-state index contributed by atoms with van der Waals surface area (Å²) >= 11 is 1.48. The van der Waals surface area contributed by atoms with Crippen molar-refractivity contribution < 1.29 is 4.79 Å². The molecule has 0 aliphatic carbocycles. The fourth-order valence-corrected chi connectivity index (χ4v) is 5.00. The quantitative estimate of drug-likeness (QED) is 0.420. The number of para-hydroxylation sites is 1. The van der Waals surface area contributed by atoms with Crippen molar-refractivity contribution in [3.63, 3.8) is 0 Å². The van der Waals surface area contributed by atoms with Crippen LogP contribution in [0.15, 0.2) is 60.2 Å². The summed E-state index contributed by atoms with van der Waals surface area (Å²) in [5.74, 6) is -0.135. The summed E-state index contributed by atoms with van der Waals surface area (Å²) < 4.78 is 1.97. The van der Waals surface area contributed by atoms with E-state index in [4.69, 9.17) is 4.98 Å². The van der Waals surface area contributed by atoms with E-state index in [2.05, 4.69) is 55.3 Å². The molecule has 0 bridgehead atoms. The number of aromatic amines is 1. The summed E-state index contributed by atoms with van der Waals surface area (Å²) in [6.45, 7) is 1.76. The zero-order valence-corrected chi connectivity index (χ0v) is 18.5. The maximum atomic E-state index is 12.9. The number of amides is 1. The van der Waals surface area contributed by atoms with E-state index in [1.165, 1.54) is 17.0 Å². The molecular weight excluding hydrogens is 422 g/mol. The second kappa shape index (κ2) is 9.35. The highest BCUT2D eigenvalue weighted by atomic mass is 32.1. The van der Waals surface area contributed by atoms with Gasteiger partial charge in [0.1, 0.15) is 5.69 Å². The largest absolute Gasteiger partial charge is 0.363 e. The summed E-state index contributed by atoms with van der Waals surface area (Å²) in [5.41, 5.74) is 3.80. The van der Waals surface area contributed by atoms with Gasteiger partial charge in [-0.2, -0.15) is 15.4 Å². The van der Waals surface area contributed by atoms with Gasteiger partial charge in [0.25, 0.3) is 5.91 Å². The number of anilines is 2. The predicted octanol–water partition coefficient (Wildman–Crippen LogP) is 4.29. The number of rotatable bonds is 8. The molecule has 5 rings (SSSR count). The van der Waals surface area contributed by atoms with Crippen LogP contribution in [0.2, 0.25) is 0 Å². The maximum absolute atomic E-state index is 12.9. The van der Waals surface area contributed by atoms with E-state index >= 15 is 0 Å². The molecule has 1 aliphatic rings. The molecule has 0 saturated carbocycles. The van der Waals surface area contributed by atoms with Crippen LogP contribution in [-0.4, -0.2) is 37.4 Å². The number of thiazole rings is 1. The van der Waals surface area contributed by atoms with Crippen LogP contribution < -0.4 is 10.2 Å². The van der Waals surface area contributed by atoms with E-state index in [1.807, 2.05) is 29.0 Å². The minimum absolute atomic E-state index is 0.135. The monoisotopic (exact) mass is 447 g/mol. The average molecular weight is 448 g/mol. The van der Waals surface area contributed by atoms with E-state index < -0.39 is 0 Å². The Morgan fingerprint density at radius 3 is 2.97 bits per heavy atom. The summed E-state index contributed by atoms with van der Waals surface area (Å²) in [7, 11) is 0. The summed E-state index contributed by atoms with van der Waals surface area (Å²) in [6, 6.07) is 14.4. The van der Waals surface area contributed by atoms with Crippen LogP contribution in [0.3, 0.4) is 0 Å². The van der Waals surface area contributed by atoms with Crippen LogP contribution >= 0.6 is 11.3 Å². The molecule has 32 heavy (non-hydrogen) atoms. The topological polar surface area (TPSA) is 91.7 Å². The minimum atomic E-state index is -0.135. The van der Waals surface area contributed by atoms with Crippen LogP contribution in [0.25, 0.3) is 0 Å². The van der Waals surface area contributed by atoms with Crippen molar-refractivity contribution in [3.05, 3.63) is 77.3 Å². The first-order chi connectivity index (χ1) is 15.8. The lowest BCUT2D eigenvalue weighted by molar-refractivity contribution is 0.101. The lowest BCUT2D eigenvalue weighted by Gasteiger charge is -2.25. The van der Waals surface area contributed by atoms with Gasteiger partial charge in [0, 0.05) is 30.4 Å². The number of aryl methyl sites for hydroxylation is 2. The third-order valence-electron chi connectivity index (χ3n) is 5.78. The van der Waals surface area contributed by atoms with Gasteiger partial charge in [-0.3, -0.25) is 10.1 Å². The molecule has 164 valence electrons. The van der Waals surface area contributed by atoms with Gasteiger partial charge in [-0.25, -0.2) is 4.98 Å². The third-order valence-corrected chi connectivity index (χ3v) is 6.56. The van der Waals surface area contributed by atoms with E-state index in [1.54, 1.807) is 6.20 Å². The van der Waals surface area contributed by atoms with Crippen molar-refractivity contribution in [3.8, 4) is 0 Å². The summed E-state index contributed by atoms with van der Waals surface area (Å²) in [6.07, 6.45) is 7.56. The Kier molecular flexibility index (Phi) is 5.98. The van der Waals surface area contributed by atoms with Crippen molar-refractivity contribution >= 4 is 28.1 Å². The molecule has 1 amide bonds. The number of benzene rings is 1. The zero-order chi connectivity index (χ0) is 21.8. The average Bonchev–Trinajstić information content (AvgIpc) is 3.61. The molecule has 1 saturated heterocycles. The minimum Gasteiger partial charge on any atom is -0.363 e. The smallest absolute Gasteiger partial charge is 0.274 e. The molecule has 9 heteroatoms. The molecule has 1 atom stereocenters. The van der Waals surface area contributed by atoms with Crippen molar-refractivity contribution in [2.45, 2.75) is 38.3 Å². The van der Waals surface area contributed by atoms with Gasteiger partial charge in [0.05, 0.1) is 23.6 Å². The van der Waals surface area contributed by atoms with Gasteiger partial charge in [-0.15, -0.1) is 11.3 Å². The molecule has 4 aromatic rings. The highest BCUT2D eigenvalue weighted by Crippen LogP contribution is 2.37. The standard InChI is InChI=1S/C23H25N7OS/c31-22(21-11-5-13-29(21)12-4-7-17-15-24-28-27-17)26-23-25-19(16-32-23)20-10-6-14-30(20)18-8-2-1-3-9-18/h1-3,5,8-9,11,13,15-16,20H,4,6-7,10,12,14H2,(H,24,27,28)(H,25,26,31). The molecule has 3 aromatic heterocycles. The Hall–Kier alpha value is -3.46. The van der Waals surface area contributed by atoms with Gasteiger partial charge in [-0.05, 0) is 49.9 Å². The number of carbonyl (C=O) groups is 1. The Balaban J connectivity index is 1.22. The van der Waals surface area contributed by atoms with Crippen LogP contribution in [-0.2, 0) is 13.0 Å². The number of hydrogen-bond donors (Lipinski definition) is 2. The molecule has 1 unspecified atom stereocenters. The summed E-state index contributed by atoms with van der Waals surface area (Å²) in [5, 5.41) is 16.2. The van der Waals surface area contributed by atoms with E-state index in [9.17, 15) is 4.79 Å². The number of carbonyl (C=O) groups excluding carboxylic acids is 1. The number of nitrogens with one attached hydrogen (secondary N) is 2. The third kappa shape index (κ3) is 4.43. The summed E-state index contributed by atoms with van der Waals surface area (Å²) in [4.78, 5) is 20.1. The van der Waals surface area contributed by atoms with Gasteiger partial charge in [0.2, 0.25) is 0 Å². The lowest BCUT2D eigenvalue weighted by atomic mass is 10.1. The molecule has 8 nitrogen and oxygen atoms in total. The molecule has 0 radical (unpaired) electrons. The molecule has 4 heterocycles. The van der Waals surface area contributed by atoms with Gasteiger partial charge in [0.15, 0.2) is 5.13 Å². The van der Waals surface area contributed by atoms with Gasteiger partial charge >= 0.3 is 0 Å². The molecule has 1 fully saturated rings. The first-order valence-corrected chi connectivity index (χ1v) is 11.7. The molecular formula is C23H25N7OS. The lowest BCUT2D eigenvalue weighted by Crippen LogP contribution is -2.22. The van der Waals surface area contributed by atoms with Crippen LogP contribution in [0, 0.1) is 0 Å². The SMILES string of the molecule is O=C(Nc1nc(C2CCCN2c2ccccc2)cs1)c1cccn1CCCc1cn[nH]n1. The van der Waals surface area contributed by atoms with Crippen molar-refractivity contribution in [2.24, 2.45) is 0 Å². The van der Waals surface area contributed by atoms with E-state index in [0.717, 1.165) is 50.2 Å². The zero-order valence-electron chi connectivity index (χ0n) is 17.6. The highest BCUT2D eigenvalue weighted by molar-refractivity contribution is 7.14. The number of H-pyrrole nitrogens is 1. The van der Waals surface area contributed by atoms with E-state index in [0.29, 0.717) is 10.8 Å². The molecule has 1 aliphatic heterocycles. The van der Waals surface area contributed by atoms with Gasteiger partial charge in [-0.1, -0.05) is 18.2 Å². The normalized spacial score (nSPS) is 15.9. The van der Waals surface area contributed by atoms with Crippen molar-refractivity contribution in [1.29, 1.82) is 0 Å². The van der Waals surface area contributed by atoms with E-state index in [-0.39, 0.29) is 11.9 Å². The van der Waals surface area contributed by atoms with Crippen LogP contribution in [0.5, 0.6) is 0 Å². The van der Waals surface area contributed by atoms with Crippen molar-refractivity contribution in [2.75, 3.05) is 16.8 Å². The fraction of sp³-hybridized carbons (Fsp3) is 0.304. The van der Waals surface area contributed by atoms with Gasteiger partial charge < -0.3 is 9.47 Å². The second-order valence-electron chi connectivity index (χ2n) is 7.87. The highest BCUT2D eigenvalue weighted by Gasteiger charge is 2.28. The second-order valence-corrected chi connectivity index (χ2v) is 8.73. The number of aromatic nitrogens is 5. The van der Waals surface area contributed by atoms with Crippen LogP contribution in [0.4, 0.5) is 10.8 Å². The predicted molar refractivity (Wildman–Crippen MR) is 125 cm³/mol. The molecule has 0 spiro atoms. The molecule has 2 N–H and O–H groups in total. The Labute approximate surface area is 190 Å². The first-order valence-electron chi connectivity index (χ1n) is 10.9. The fourth-order valence-electron chi connectivity index (χ4n) is 4.25. The number of hydrogen-bond acceptors (Lipinski definition) is 6. The Bertz CT molecular complexity index is 1150. The van der Waals surface area contributed by atoms with Crippen LogP contribution in [0.1, 0.15) is 47.2 Å². The Morgan fingerprint density at radius 1 is 1.22 bits per heavy atom. The maximum Gasteiger partial charge on any atom is 0.274 e. The first kappa shape index (κ1) is 20.4. The Morgan fingerprint density at radius 2 is 2.12 bits per heavy atom.